The molecule has 1 aliphatic carbocycles. The molecule has 0 amide bonds. The van der Waals surface area contributed by atoms with Crippen molar-refractivity contribution in [3.63, 3.8) is 0 Å². The standard InChI is InChI=1S/C9H16BrNS/c1-11-6-9(12-7-11)4-2-8(10)3-5-9/h8H,2-7H2,1H3. The SMILES string of the molecule is CN1CSC2(CCC(Br)CC2)C1. The molecule has 0 bridgehead atoms. The second-order valence-corrected chi connectivity index (χ2v) is 6.85. The van der Waals surface area contributed by atoms with E-state index in [1.165, 1.54) is 38.1 Å². The predicted octanol–water partition coefficient (Wildman–Crippen LogP) is 2.70. The molecule has 0 atom stereocenters. The number of halogens is 1. The molecule has 1 aliphatic heterocycles. The van der Waals surface area contributed by atoms with E-state index in [2.05, 4.69) is 39.6 Å². The van der Waals surface area contributed by atoms with Crippen molar-refractivity contribution in [3.8, 4) is 0 Å². The Morgan fingerprint density at radius 1 is 1.42 bits per heavy atom. The minimum Gasteiger partial charge on any atom is -0.296 e. The van der Waals surface area contributed by atoms with Gasteiger partial charge in [0.2, 0.25) is 0 Å². The van der Waals surface area contributed by atoms with Gasteiger partial charge >= 0.3 is 0 Å². The second kappa shape index (κ2) is 3.50. The van der Waals surface area contributed by atoms with Crippen molar-refractivity contribution in [2.75, 3.05) is 19.5 Å². The van der Waals surface area contributed by atoms with E-state index in [4.69, 9.17) is 0 Å². The van der Waals surface area contributed by atoms with Gasteiger partial charge in [-0.3, -0.25) is 4.90 Å². The van der Waals surface area contributed by atoms with E-state index in [-0.39, 0.29) is 0 Å². The predicted molar refractivity (Wildman–Crippen MR) is 59.0 cm³/mol. The quantitative estimate of drug-likeness (QED) is 0.608. The van der Waals surface area contributed by atoms with Crippen LogP contribution in [0.15, 0.2) is 0 Å². The highest BCUT2D eigenvalue weighted by Crippen LogP contribution is 2.45. The average Bonchev–Trinajstić information content (AvgIpc) is 2.40. The van der Waals surface area contributed by atoms with Gasteiger partial charge in [0.25, 0.3) is 0 Å². The highest BCUT2D eigenvalue weighted by atomic mass is 79.9. The monoisotopic (exact) mass is 249 g/mol. The van der Waals surface area contributed by atoms with Crippen LogP contribution in [0.1, 0.15) is 25.7 Å². The van der Waals surface area contributed by atoms with Crippen molar-refractivity contribution in [1.82, 2.24) is 4.90 Å². The van der Waals surface area contributed by atoms with Gasteiger partial charge in [-0.2, -0.15) is 0 Å². The molecule has 1 heterocycles. The summed E-state index contributed by atoms with van der Waals surface area (Å²) in [7, 11) is 2.24. The Hall–Kier alpha value is 0.790. The lowest BCUT2D eigenvalue weighted by Crippen LogP contribution is -2.34. The van der Waals surface area contributed by atoms with Crippen LogP contribution < -0.4 is 0 Å². The van der Waals surface area contributed by atoms with E-state index < -0.39 is 0 Å². The largest absolute Gasteiger partial charge is 0.296 e. The third kappa shape index (κ3) is 1.83. The summed E-state index contributed by atoms with van der Waals surface area (Å²) >= 11 is 5.89. The Morgan fingerprint density at radius 3 is 2.58 bits per heavy atom. The van der Waals surface area contributed by atoms with Gasteiger partial charge in [0.05, 0.1) is 0 Å². The van der Waals surface area contributed by atoms with Crippen LogP contribution in [-0.4, -0.2) is 33.9 Å². The zero-order valence-electron chi connectivity index (χ0n) is 7.55. The smallest absolute Gasteiger partial charge is 0.0447 e. The van der Waals surface area contributed by atoms with Crippen LogP contribution in [0.25, 0.3) is 0 Å². The van der Waals surface area contributed by atoms with Gasteiger partial charge in [-0.15, -0.1) is 11.8 Å². The van der Waals surface area contributed by atoms with Crippen LogP contribution in [0.5, 0.6) is 0 Å². The molecular formula is C9H16BrNS. The maximum atomic E-state index is 3.71. The summed E-state index contributed by atoms with van der Waals surface area (Å²) in [5.74, 6) is 1.24. The van der Waals surface area contributed by atoms with Crippen LogP contribution in [0, 0.1) is 0 Å². The van der Waals surface area contributed by atoms with Crippen LogP contribution in [0.4, 0.5) is 0 Å². The van der Waals surface area contributed by atoms with Gasteiger partial charge in [-0.25, -0.2) is 0 Å². The molecule has 2 fully saturated rings. The lowest BCUT2D eigenvalue weighted by molar-refractivity contribution is 0.317. The molecule has 0 radical (unpaired) electrons. The first-order valence-corrected chi connectivity index (χ1v) is 6.57. The zero-order valence-corrected chi connectivity index (χ0v) is 9.96. The molecule has 0 unspecified atom stereocenters. The Bertz CT molecular complexity index is 166. The summed E-state index contributed by atoms with van der Waals surface area (Å²) in [4.78, 5) is 3.26. The fourth-order valence-electron chi connectivity index (χ4n) is 2.24. The Morgan fingerprint density at radius 2 is 2.08 bits per heavy atom. The maximum absolute atomic E-state index is 3.71. The molecule has 0 aromatic heterocycles. The second-order valence-electron chi connectivity index (χ2n) is 4.15. The summed E-state index contributed by atoms with van der Waals surface area (Å²) in [6.45, 7) is 1.32. The fourth-order valence-corrected chi connectivity index (χ4v) is 4.12. The molecule has 12 heavy (non-hydrogen) atoms. The molecule has 2 aliphatic rings. The van der Waals surface area contributed by atoms with Crippen molar-refractivity contribution in [1.29, 1.82) is 0 Å². The van der Waals surface area contributed by atoms with Crippen molar-refractivity contribution in [3.05, 3.63) is 0 Å². The molecule has 0 aromatic carbocycles. The Kier molecular flexibility index (Phi) is 2.73. The average molecular weight is 250 g/mol. The van der Waals surface area contributed by atoms with Gasteiger partial charge in [-0.1, -0.05) is 15.9 Å². The van der Waals surface area contributed by atoms with Crippen LogP contribution in [0.2, 0.25) is 0 Å². The van der Waals surface area contributed by atoms with Gasteiger partial charge in [0, 0.05) is 22.0 Å². The van der Waals surface area contributed by atoms with E-state index in [1.807, 2.05) is 0 Å². The summed E-state index contributed by atoms with van der Waals surface area (Å²) < 4.78 is 0.638. The number of thioether (sulfide) groups is 1. The molecule has 2 rings (SSSR count). The third-order valence-corrected chi connectivity index (χ3v) is 5.61. The lowest BCUT2D eigenvalue weighted by atomic mass is 9.88. The summed E-state index contributed by atoms with van der Waals surface area (Å²) in [5.41, 5.74) is 0. The van der Waals surface area contributed by atoms with Crippen LogP contribution >= 0.6 is 27.7 Å². The number of hydrogen-bond donors (Lipinski definition) is 0. The Balaban J connectivity index is 1.95. The Labute approximate surface area is 87.4 Å². The first-order chi connectivity index (χ1) is 5.70. The van der Waals surface area contributed by atoms with Crippen LogP contribution in [-0.2, 0) is 0 Å². The molecule has 1 saturated heterocycles. The number of alkyl halides is 1. The van der Waals surface area contributed by atoms with Gasteiger partial charge in [-0.05, 0) is 32.7 Å². The fraction of sp³-hybridized carbons (Fsp3) is 1.00. The van der Waals surface area contributed by atoms with Gasteiger partial charge < -0.3 is 0 Å². The number of hydrogen-bond acceptors (Lipinski definition) is 2. The zero-order chi connectivity index (χ0) is 8.60. The van der Waals surface area contributed by atoms with Crippen LogP contribution in [0.3, 0.4) is 0 Å². The van der Waals surface area contributed by atoms with E-state index >= 15 is 0 Å². The third-order valence-electron chi connectivity index (χ3n) is 2.98. The van der Waals surface area contributed by atoms with Crippen molar-refractivity contribution in [2.24, 2.45) is 0 Å². The summed E-state index contributed by atoms with van der Waals surface area (Å²) in [6, 6.07) is 0. The van der Waals surface area contributed by atoms with Crippen molar-refractivity contribution < 1.29 is 0 Å². The maximum Gasteiger partial charge on any atom is 0.0447 e. The highest BCUT2D eigenvalue weighted by Gasteiger charge is 2.39. The van der Waals surface area contributed by atoms with E-state index in [0.29, 0.717) is 4.75 Å². The summed E-state index contributed by atoms with van der Waals surface area (Å²) in [5, 5.41) is 0. The molecule has 0 aromatic rings. The topological polar surface area (TPSA) is 3.24 Å². The van der Waals surface area contributed by atoms with E-state index in [1.54, 1.807) is 0 Å². The molecule has 1 spiro atoms. The van der Waals surface area contributed by atoms with E-state index in [0.717, 1.165) is 4.83 Å². The van der Waals surface area contributed by atoms with Crippen molar-refractivity contribution in [2.45, 2.75) is 35.3 Å². The molecular weight excluding hydrogens is 234 g/mol. The summed E-state index contributed by atoms with van der Waals surface area (Å²) in [6.07, 6.45) is 5.58. The first-order valence-electron chi connectivity index (χ1n) is 4.67. The first kappa shape index (κ1) is 9.35. The molecule has 70 valence electrons. The molecule has 1 saturated carbocycles. The molecule has 3 heteroatoms. The normalized spacial score (nSPS) is 44.0. The number of rotatable bonds is 0. The lowest BCUT2D eigenvalue weighted by Gasteiger charge is -2.34. The molecule has 1 nitrogen and oxygen atoms in total. The van der Waals surface area contributed by atoms with E-state index in [9.17, 15) is 0 Å². The minimum atomic E-state index is 0.638. The molecule has 0 N–H and O–H groups in total. The van der Waals surface area contributed by atoms with Gasteiger partial charge in [0.15, 0.2) is 0 Å². The highest BCUT2D eigenvalue weighted by molar-refractivity contribution is 9.09. The van der Waals surface area contributed by atoms with Gasteiger partial charge in [0.1, 0.15) is 0 Å². The minimum absolute atomic E-state index is 0.638. The van der Waals surface area contributed by atoms with Crippen molar-refractivity contribution >= 4 is 27.7 Å². The number of nitrogens with zero attached hydrogens (tertiary/aromatic N) is 1.